The maximum absolute atomic E-state index is 12.1. The molecule has 1 aromatic rings. The van der Waals surface area contributed by atoms with E-state index >= 15 is 0 Å². The van der Waals surface area contributed by atoms with E-state index in [1.165, 1.54) is 0 Å². The molecule has 0 bridgehead atoms. The Morgan fingerprint density at radius 3 is 2.48 bits per heavy atom. The molecule has 4 nitrogen and oxygen atoms in total. The number of carbonyl (C=O) groups excluding carboxylic acids is 1. The van der Waals surface area contributed by atoms with Crippen molar-refractivity contribution in [2.45, 2.75) is 46.3 Å². The largest absolute Gasteiger partial charge is 0.444 e. The van der Waals surface area contributed by atoms with Gasteiger partial charge in [-0.05, 0) is 44.9 Å². The van der Waals surface area contributed by atoms with Gasteiger partial charge < -0.3 is 15.0 Å². The van der Waals surface area contributed by atoms with Crippen molar-refractivity contribution in [2.75, 3.05) is 19.6 Å². The molecule has 0 aliphatic rings. The van der Waals surface area contributed by atoms with Gasteiger partial charge in [0.2, 0.25) is 0 Å². The fourth-order valence-electron chi connectivity index (χ4n) is 1.99. The number of nitrogens with one attached hydrogen (secondary N) is 1. The van der Waals surface area contributed by atoms with Crippen LogP contribution in [-0.2, 0) is 11.3 Å². The minimum atomic E-state index is -0.476. The molecule has 0 atom stereocenters. The van der Waals surface area contributed by atoms with Crippen molar-refractivity contribution < 1.29 is 9.53 Å². The molecule has 0 aliphatic heterocycles. The number of halogens is 2. The van der Waals surface area contributed by atoms with Crippen molar-refractivity contribution in [3.05, 3.63) is 33.8 Å². The second-order valence-electron chi connectivity index (χ2n) is 6.39. The topological polar surface area (TPSA) is 41.6 Å². The van der Waals surface area contributed by atoms with Crippen LogP contribution in [0.1, 0.15) is 39.7 Å². The minimum Gasteiger partial charge on any atom is -0.444 e. The van der Waals surface area contributed by atoms with E-state index in [4.69, 9.17) is 27.9 Å². The van der Waals surface area contributed by atoms with Crippen molar-refractivity contribution in [2.24, 2.45) is 0 Å². The number of ether oxygens (including phenoxy) is 1. The molecule has 0 aliphatic carbocycles. The van der Waals surface area contributed by atoms with Crippen molar-refractivity contribution in [3.8, 4) is 0 Å². The van der Waals surface area contributed by atoms with E-state index in [1.54, 1.807) is 11.0 Å². The minimum absolute atomic E-state index is 0.268. The Morgan fingerprint density at radius 1 is 1.22 bits per heavy atom. The average Bonchev–Trinajstić information content (AvgIpc) is 2.44. The Labute approximate surface area is 149 Å². The number of hydrogen-bond donors (Lipinski definition) is 1. The molecule has 0 heterocycles. The van der Waals surface area contributed by atoms with Gasteiger partial charge in [0, 0.05) is 26.2 Å². The van der Waals surface area contributed by atoms with Gasteiger partial charge in [0.15, 0.2) is 0 Å². The number of benzene rings is 1. The van der Waals surface area contributed by atoms with Gasteiger partial charge in [0.25, 0.3) is 0 Å². The molecule has 130 valence electrons. The van der Waals surface area contributed by atoms with Gasteiger partial charge in [0.05, 0.1) is 10.0 Å². The lowest BCUT2D eigenvalue weighted by atomic mass is 10.2. The summed E-state index contributed by atoms with van der Waals surface area (Å²) in [5.74, 6) is 0. The van der Waals surface area contributed by atoms with E-state index in [1.807, 2.05) is 39.8 Å². The molecule has 0 spiro atoms. The van der Waals surface area contributed by atoms with Crippen LogP contribution in [0.3, 0.4) is 0 Å². The van der Waals surface area contributed by atoms with E-state index < -0.39 is 5.60 Å². The first-order valence-corrected chi connectivity index (χ1v) is 8.61. The number of rotatable bonds is 7. The van der Waals surface area contributed by atoms with Gasteiger partial charge in [-0.15, -0.1) is 0 Å². The van der Waals surface area contributed by atoms with Crippen LogP contribution in [0.15, 0.2) is 18.2 Å². The highest BCUT2D eigenvalue weighted by molar-refractivity contribution is 6.42. The summed E-state index contributed by atoms with van der Waals surface area (Å²) in [6.45, 7) is 10.3. The summed E-state index contributed by atoms with van der Waals surface area (Å²) in [6.07, 6.45) is 0.627. The van der Waals surface area contributed by atoms with Gasteiger partial charge in [-0.1, -0.05) is 36.2 Å². The van der Waals surface area contributed by atoms with Crippen molar-refractivity contribution in [1.29, 1.82) is 0 Å². The van der Waals surface area contributed by atoms with Crippen LogP contribution in [0.2, 0.25) is 10.0 Å². The maximum atomic E-state index is 12.1. The lowest BCUT2D eigenvalue weighted by molar-refractivity contribution is 0.0252. The van der Waals surface area contributed by atoms with Crippen LogP contribution < -0.4 is 5.32 Å². The fraction of sp³-hybridized carbons (Fsp3) is 0.588. The highest BCUT2D eigenvalue weighted by Gasteiger charge is 2.21. The third-order valence-corrected chi connectivity index (χ3v) is 3.76. The summed E-state index contributed by atoms with van der Waals surface area (Å²) >= 11 is 11.9. The predicted molar refractivity (Wildman–Crippen MR) is 96.3 cm³/mol. The quantitative estimate of drug-likeness (QED) is 0.714. The van der Waals surface area contributed by atoms with Crippen molar-refractivity contribution >= 4 is 29.3 Å². The number of carbonyl (C=O) groups is 1. The van der Waals surface area contributed by atoms with E-state index in [0.29, 0.717) is 36.2 Å². The van der Waals surface area contributed by atoms with Gasteiger partial charge in [0.1, 0.15) is 5.60 Å². The van der Waals surface area contributed by atoms with E-state index in [-0.39, 0.29) is 6.09 Å². The maximum Gasteiger partial charge on any atom is 0.410 e. The van der Waals surface area contributed by atoms with Crippen molar-refractivity contribution in [1.82, 2.24) is 10.2 Å². The summed E-state index contributed by atoms with van der Waals surface area (Å²) in [7, 11) is 0. The fourth-order valence-corrected chi connectivity index (χ4v) is 2.31. The smallest absolute Gasteiger partial charge is 0.410 e. The van der Waals surface area contributed by atoms with Crippen LogP contribution in [0.25, 0.3) is 0 Å². The normalized spacial score (nSPS) is 11.4. The zero-order valence-corrected chi connectivity index (χ0v) is 15.8. The van der Waals surface area contributed by atoms with Crippen LogP contribution >= 0.6 is 23.2 Å². The van der Waals surface area contributed by atoms with Crippen molar-refractivity contribution in [3.63, 3.8) is 0 Å². The molecule has 1 amide bonds. The molecular weight excluding hydrogens is 335 g/mol. The molecule has 1 aromatic carbocycles. The molecule has 1 N–H and O–H groups in total. The third-order valence-electron chi connectivity index (χ3n) is 3.02. The number of amides is 1. The standard InChI is InChI=1S/C17H26Cl2N2O2/c1-5-9-21(16(22)23-17(2,3)4)10-8-20-12-13-6-7-14(18)15(19)11-13/h6-7,11,20H,5,8-10,12H2,1-4H3. The van der Waals surface area contributed by atoms with E-state index in [0.717, 1.165) is 12.0 Å². The third kappa shape index (κ3) is 7.91. The molecule has 0 unspecified atom stereocenters. The van der Waals surface area contributed by atoms with Crippen LogP contribution in [-0.4, -0.2) is 36.2 Å². The molecule has 0 radical (unpaired) electrons. The Bertz CT molecular complexity index is 516. The predicted octanol–water partition coefficient (Wildman–Crippen LogP) is 4.73. The zero-order chi connectivity index (χ0) is 17.5. The van der Waals surface area contributed by atoms with Gasteiger partial charge in [-0.25, -0.2) is 4.79 Å². The lowest BCUT2D eigenvalue weighted by Gasteiger charge is -2.27. The summed E-state index contributed by atoms with van der Waals surface area (Å²) < 4.78 is 5.42. The molecule has 23 heavy (non-hydrogen) atoms. The van der Waals surface area contributed by atoms with Crippen LogP contribution in [0.5, 0.6) is 0 Å². The first-order valence-electron chi connectivity index (χ1n) is 7.85. The molecule has 0 saturated carbocycles. The lowest BCUT2D eigenvalue weighted by Crippen LogP contribution is -2.40. The Kier molecular flexibility index (Phi) is 8.17. The zero-order valence-electron chi connectivity index (χ0n) is 14.3. The van der Waals surface area contributed by atoms with E-state index in [9.17, 15) is 4.79 Å². The first kappa shape index (κ1) is 20.1. The Hall–Kier alpha value is -0.970. The summed E-state index contributed by atoms with van der Waals surface area (Å²) in [5, 5.41) is 4.40. The molecular formula is C17H26Cl2N2O2. The second kappa shape index (κ2) is 9.36. The van der Waals surface area contributed by atoms with Crippen LogP contribution in [0.4, 0.5) is 4.79 Å². The number of nitrogens with zero attached hydrogens (tertiary/aromatic N) is 1. The SMILES string of the molecule is CCCN(CCNCc1ccc(Cl)c(Cl)c1)C(=O)OC(C)(C)C. The molecule has 1 rings (SSSR count). The summed E-state index contributed by atoms with van der Waals surface area (Å²) in [6, 6.07) is 5.55. The monoisotopic (exact) mass is 360 g/mol. The molecule has 0 aromatic heterocycles. The summed E-state index contributed by atoms with van der Waals surface area (Å²) in [4.78, 5) is 13.9. The van der Waals surface area contributed by atoms with Gasteiger partial charge >= 0.3 is 6.09 Å². The highest BCUT2D eigenvalue weighted by atomic mass is 35.5. The molecule has 6 heteroatoms. The second-order valence-corrected chi connectivity index (χ2v) is 7.21. The highest BCUT2D eigenvalue weighted by Crippen LogP contribution is 2.22. The Balaban J connectivity index is 2.43. The van der Waals surface area contributed by atoms with E-state index in [2.05, 4.69) is 5.32 Å². The summed E-state index contributed by atoms with van der Waals surface area (Å²) in [5.41, 5.74) is 0.579. The first-order chi connectivity index (χ1) is 10.7. The average molecular weight is 361 g/mol. The number of hydrogen-bond acceptors (Lipinski definition) is 3. The Morgan fingerprint density at radius 2 is 1.91 bits per heavy atom. The molecule has 0 fully saturated rings. The van der Waals surface area contributed by atoms with Crippen LogP contribution in [0, 0.1) is 0 Å². The molecule has 0 saturated heterocycles. The van der Waals surface area contributed by atoms with Gasteiger partial charge in [-0.2, -0.15) is 0 Å². The van der Waals surface area contributed by atoms with Gasteiger partial charge in [-0.3, -0.25) is 0 Å².